The van der Waals surface area contributed by atoms with Crippen LogP contribution in [0.1, 0.15) is 16.8 Å². The Morgan fingerprint density at radius 3 is 3.23 bits per heavy atom. The lowest BCUT2D eigenvalue weighted by atomic mass is 10.0. The van der Waals surface area contributed by atoms with Gasteiger partial charge in [-0.1, -0.05) is 0 Å². The van der Waals surface area contributed by atoms with Crippen LogP contribution in [-0.4, -0.2) is 35.0 Å². The molecule has 2 N–H and O–H groups in total. The van der Waals surface area contributed by atoms with Crippen molar-refractivity contribution in [3.05, 3.63) is 41.8 Å². The van der Waals surface area contributed by atoms with Gasteiger partial charge in [-0.15, -0.1) is 0 Å². The molecule has 6 heteroatoms. The van der Waals surface area contributed by atoms with E-state index in [1.165, 1.54) is 0 Å². The summed E-state index contributed by atoms with van der Waals surface area (Å²) in [6, 6.07) is 5.29. The number of carbonyl (C=O) groups is 1. The Balaban J connectivity index is 1.58. The second-order valence-corrected chi connectivity index (χ2v) is 5.75. The number of aromatic nitrogens is 2. The molecule has 2 aliphatic heterocycles. The summed E-state index contributed by atoms with van der Waals surface area (Å²) in [6.07, 6.45) is 5.02. The minimum absolute atomic E-state index is 0.0437. The van der Waals surface area contributed by atoms with Crippen LogP contribution in [0.15, 0.2) is 36.2 Å². The van der Waals surface area contributed by atoms with E-state index in [4.69, 9.17) is 15.2 Å². The van der Waals surface area contributed by atoms with Crippen LogP contribution >= 0.6 is 0 Å². The Hall–Kier alpha value is -2.34. The van der Waals surface area contributed by atoms with Gasteiger partial charge in [-0.25, -0.2) is 0 Å². The first-order valence-corrected chi connectivity index (χ1v) is 7.42. The van der Waals surface area contributed by atoms with Crippen molar-refractivity contribution in [1.82, 2.24) is 9.78 Å². The number of rotatable bonds is 3. The number of nitrogens with two attached hydrogens (primary N) is 1. The van der Waals surface area contributed by atoms with E-state index < -0.39 is 5.91 Å². The molecule has 6 nitrogen and oxygen atoms in total. The van der Waals surface area contributed by atoms with E-state index in [0.717, 1.165) is 36.2 Å². The van der Waals surface area contributed by atoms with Crippen molar-refractivity contribution in [3.63, 3.8) is 0 Å². The molecule has 0 aliphatic carbocycles. The predicted molar refractivity (Wildman–Crippen MR) is 80.1 cm³/mol. The Morgan fingerprint density at radius 2 is 2.36 bits per heavy atom. The summed E-state index contributed by atoms with van der Waals surface area (Å²) in [5.74, 6) is 0.796. The number of benzene rings is 1. The van der Waals surface area contributed by atoms with Crippen LogP contribution in [0.2, 0.25) is 0 Å². The van der Waals surface area contributed by atoms with Crippen molar-refractivity contribution >= 4 is 16.8 Å². The number of hydrogen-bond donors (Lipinski definition) is 1. The molecule has 3 heterocycles. The molecular weight excluding hydrogens is 282 g/mol. The Bertz CT molecular complexity index is 765. The molecule has 0 bridgehead atoms. The van der Waals surface area contributed by atoms with Gasteiger partial charge in [0.1, 0.15) is 11.9 Å². The van der Waals surface area contributed by atoms with E-state index in [2.05, 4.69) is 11.2 Å². The second-order valence-electron chi connectivity index (χ2n) is 5.75. The molecule has 2 aromatic rings. The van der Waals surface area contributed by atoms with E-state index in [0.29, 0.717) is 12.2 Å². The normalized spacial score (nSPS) is 23.9. The van der Waals surface area contributed by atoms with Gasteiger partial charge in [0.15, 0.2) is 0 Å². The lowest BCUT2D eigenvalue weighted by Gasteiger charge is -2.20. The van der Waals surface area contributed by atoms with Crippen LogP contribution in [0, 0.1) is 5.92 Å². The topological polar surface area (TPSA) is 79.4 Å². The average molecular weight is 299 g/mol. The number of amides is 1. The highest BCUT2D eigenvalue weighted by molar-refractivity contribution is 5.96. The van der Waals surface area contributed by atoms with E-state index in [-0.39, 0.29) is 12.0 Å². The maximum atomic E-state index is 11.2. The fourth-order valence-electron chi connectivity index (χ4n) is 3.11. The molecular formula is C16H17N3O3. The van der Waals surface area contributed by atoms with Crippen LogP contribution in [0.25, 0.3) is 10.9 Å². The second kappa shape index (κ2) is 5.14. The van der Waals surface area contributed by atoms with Crippen LogP contribution in [0.4, 0.5) is 0 Å². The van der Waals surface area contributed by atoms with Gasteiger partial charge in [0.2, 0.25) is 5.91 Å². The molecule has 22 heavy (non-hydrogen) atoms. The molecule has 1 saturated heterocycles. The smallest absolute Gasteiger partial charge is 0.248 e. The van der Waals surface area contributed by atoms with Crippen molar-refractivity contribution in [2.24, 2.45) is 11.7 Å². The molecule has 4 rings (SSSR count). The average Bonchev–Trinajstić information content (AvgIpc) is 3.10. The first-order valence-electron chi connectivity index (χ1n) is 7.42. The van der Waals surface area contributed by atoms with Gasteiger partial charge in [0.05, 0.1) is 18.7 Å². The Morgan fingerprint density at radius 1 is 1.45 bits per heavy atom. The molecule has 2 aliphatic rings. The lowest BCUT2D eigenvalue weighted by molar-refractivity contribution is 0.0382. The summed E-state index contributed by atoms with van der Waals surface area (Å²) in [6.45, 7) is 2.12. The van der Waals surface area contributed by atoms with Crippen molar-refractivity contribution in [1.29, 1.82) is 0 Å². The molecule has 0 saturated carbocycles. The summed E-state index contributed by atoms with van der Waals surface area (Å²) in [7, 11) is 0. The Labute approximate surface area is 127 Å². The number of carbonyl (C=O) groups excluding carboxylic acids is 1. The zero-order valence-electron chi connectivity index (χ0n) is 12.1. The first kappa shape index (κ1) is 13.3. The molecule has 1 aromatic heterocycles. The SMILES string of the molecule is NC(=O)c1ccc2nn(CC3COC4=CCCOC43)cc2c1. The highest BCUT2D eigenvalue weighted by Crippen LogP contribution is 2.31. The first-order chi connectivity index (χ1) is 10.7. The molecule has 2 atom stereocenters. The van der Waals surface area contributed by atoms with E-state index >= 15 is 0 Å². The fourth-order valence-corrected chi connectivity index (χ4v) is 3.11. The number of hydrogen-bond acceptors (Lipinski definition) is 4. The summed E-state index contributed by atoms with van der Waals surface area (Å²) in [4.78, 5) is 11.2. The van der Waals surface area contributed by atoms with Gasteiger partial charge in [0, 0.05) is 29.6 Å². The fraction of sp³-hybridized carbons (Fsp3) is 0.375. The summed E-state index contributed by atoms with van der Waals surface area (Å²) >= 11 is 0. The monoisotopic (exact) mass is 299 g/mol. The minimum atomic E-state index is -0.427. The Kier molecular flexibility index (Phi) is 3.11. The highest BCUT2D eigenvalue weighted by Gasteiger charge is 2.36. The molecule has 1 amide bonds. The van der Waals surface area contributed by atoms with E-state index in [9.17, 15) is 4.79 Å². The summed E-state index contributed by atoms with van der Waals surface area (Å²) < 4.78 is 13.4. The zero-order chi connectivity index (χ0) is 15.1. The predicted octanol–water partition coefficient (Wildman–Crippen LogP) is 1.45. The highest BCUT2D eigenvalue weighted by atomic mass is 16.6. The van der Waals surface area contributed by atoms with Crippen LogP contribution in [-0.2, 0) is 16.0 Å². The van der Waals surface area contributed by atoms with Gasteiger partial charge < -0.3 is 15.2 Å². The van der Waals surface area contributed by atoms with Crippen molar-refractivity contribution < 1.29 is 14.3 Å². The number of nitrogens with zero attached hydrogens (tertiary/aromatic N) is 2. The largest absolute Gasteiger partial charge is 0.495 e. The minimum Gasteiger partial charge on any atom is -0.495 e. The maximum Gasteiger partial charge on any atom is 0.248 e. The summed E-state index contributed by atoms with van der Waals surface area (Å²) in [5.41, 5.74) is 6.66. The third-order valence-corrected chi connectivity index (χ3v) is 4.19. The maximum absolute atomic E-state index is 11.2. The van der Waals surface area contributed by atoms with Crippen LogP contribution in [0.3, 0.4) is 0 Å². The third kappa shape index (κ3) is 2.25. The van der Waals surface area contributed by atoms with Crippen LogP contribution < -0.4 is 5.73 Å². The summed E-state index contributed by atoms with van der Waals surface area (Å²) in [5, 5.41) is 5.46. The van der Waals surface area contributed by atoms with Crippen molar-refractivity contribution in [2.75, 3.05) is 13.2 Å². The number of primary amides is 1. The van der Waals surface area contributed by atoms with Gasteiger partial charge in [-0.05, 0) is 30.7 Å². The standard InChI is InChI=1S/C16H17N3O3/c17-16(20)10-3-4-13-11(6-10)7-19(18-13)8-12-9-22-14-2-1-5-21-15(12)14/h2-4,6-7,12,15H,1,5,8-9H2,(H2,17,20). The van der Waals surface area contributed by atoms with Crippen molar-refractivity contribution in [3.8, 4) is 0 Å². The van der Waals surface area contributed by atoms with Crippen molar-refractivity contribution in [2.45, 2.75) is 19.1 Å². The van der Waals surface area contributed by atoms with Crippen LogP contribution in [0.5, 0.6) is 0 Å². The molecule has 114 valence electrons. The molecule has 1 aromatic carbocycles. The number of ether oxygens (including phenoxy) is 2. The van der Waals surface area contributed by atoms with E-state index in [1.54, 1.807) is 12.1 Å². The molecule has 0 spiro atoms. The van der Waals surface area contributed by atoms with Gasteiger partial charge in [0.25, 0.3) is 0 Å². The zero-order valence-corrected chi connectivity index (χ0v) is 12.1. The number of fused-ring (bicyclic) bond motifs is 2. The third-order valence-electron chi connectivity index (χ3n) is 4.19. The molecule has 1 fully saturated rings. The van der Waals surface area contributed by atoms with Gasteiger partial charge >= 0.3 is 0 Å². The molecule has 0 radical (unpaired) electrons. The van der Waals surface area contributed by atoms with Gasteiger partial charge in [-0.2, -0.15) is 5.10 Å². The van der Waals surface area contributed by atoms with Gasteiger partial charge in [-0.3, -0.25) is 9.48 Å². The lowest BCUT2D eigenvalue weighted by Crippen LogP contribution is -2.27. The molecule has 2 unspecified atom stereocenters. The quantitative estimate of drug-likeness (QED) is 0.930. The van der Waals surface area contributed by atoms with E-state index in [1.807, 2.05) is 16.9 Å².